The van der Waals surface area contributed by atoms with E-state index in [1.54, 1.807) is 0 Å². The van der Waals surface area contributed by atoms with Crippen molar-refractivity contribution in [1.29, 1.82) is 0 Å². The normalized spacial score (nSPS) is 24.8. The van der Waals surface area contributed by atoms with Crippen LogP contribution in [0.5, 0.6) is 11.5 Å². The van der Waals surface area contributed by atoms with Crippen molar-refractivity contribution >= 4 is 0 Å². The molecule has 138 valence electrons. The first kappa shape index (κ1) is 18.2. The Kier molecular flexibility index (Phi) is 4.59. The van der Waals surface area contributed by atoms with Crippen LogP contribution in [0, 0.1) is 5.92 Å². The number of allylic oxidation sites excluding steroid dienone is 2. The number of halogens is 2. The molecule has 0 amide bonds. The minimum Gasteiger partial charge on any atom is -0.507 e. The lowest BCUT2D eigenvalue weighted by atomic mass is 9.68. The Balaban J connectivity index is 2.08. The van der Waals surface area contributed by atoms with Gasteiger partial charge < -0.3 is 9.84 Å². The van der Waals surface area contributed by atoms with Crippen LogP contribution in [0.4, 0.5) is 8.78 Å². The van der Waals surface area contributed by atoms with Crippen molar-refractivity contribution in [3.63, 3.8) is 0 Å². The summed E-state index contributed by atoms with van der Waals surface area (Å²) < 4.78 is 35.1. The highest BCUT2D eigenvalue weighted by atomic mass is 19.3. The third kappa shape index (κ3) is 3.28. The molecule has 0 bridgehead atoms. The first-order chi connectivity index (χ1) is 11.7. The first-order valence-corrected chi connectivity index (χ1v) is 9.27. The van der Waals surface area contributed by atoms with E-state index < -0.39 is 11.5 Å². The molecule has 1 aliphatic carbocycles. The lowest BCUT2D eigenvalue weighted by molar-refractivity contribution is -0.0181. The van der Waals surface area contributed by atoms with Gasteiger partial charge in [0.1, 0.15) is 17.1 Å². The highest BCUT2D eigenvalue weighted by Gasteiger charge is 2.46. The average molecular weight is 350 g/mol. The molecule has 2 atom stereocenters. The second-order valence-corrected chi connectivity index (χ2v) is 8.10. The fourth-order valence-electron chi connectivity index (χ4n) is 4.28. The number of aromatic hydroxyl groups is 1. The highest BCUT2D eigenvalue weighted by Crippen LogP contribution is 2.54. The maximum atomic E-state index is 14.5. The number of ether oxygens (including phenoxy) is 1. The summed E-state index contributed by atoms with van der Waals surface area (Å²) in [5.74, 6) is -2.36. The summed E-state index contributed by atoms with van der Waals surface area (Å²) >= 11 is 0. The number of fused-ring (bicyclic) bond motifs is 3. The molecule has 0 unspecified atom stereocenters. The van der Waals surface area contributed by atoms with Gasteiger partial charge in [-0.3, -0.25) is 0 Å². The summed E-state index contributed by atoms with van der Waals surface area (Å²) in [4.78, 5) is 0. The topological polar surface area (TPSA) is 29.5 Å². The van der Waals surface area contributed by atoms with E-state index in [9.17, 15) is 13.9 Å². The standard InChI is InChI=1S/C21H28F2O2/c1-5-6-9-21(22,23)14-11-17(24)19-15-10-13(2)7-8-16(15)20(3,4)25-18(19)12-14/h10-12,15-16,24H,5-9H2,1-4H3/t15-,16-/m1/s1. The summed E-state index contributed by atoms with van der Waals surface area (Å²) in [6.45, 7) is 8.01. The maximum absolute atomic E-state index is 14.5. The molecular formula is C21H28F2O2. The third-order valence-corrected chi connectivity index (χ3v) is 5.73. The van der Waals surface area contributed by atoms with Crippen LogP contribution in [0.3, 0.4) is 0 Å². The second kappa shape index (κ2) is 6.30. The number of hydrogen-bond donors (Lipinski definition) is 1. The minimum atomic E-state index is -2.95. The van der Waals surface area contributed by atoms with E-state index in [1.807, 2.05) is 20.8 Å². The Morgan fingerprint density at radius 2 is 2.04 bits per heavy atom. The molecule has 1 aliphatic heterocycles. The van der Waals surface area contributed by atoms with Crippen molar-refractivity contribution in [3.8, 4) is 11.5 Å². The van der Waals surface area contributed by atoms with Gasteiger partial charge in [0.15, 0.2) is 0 Å². The number of benzene rings is 1. The molecular weight excluding hydrogens is 322 g/mol. The van der Waals surface area contributed by atoms with Crippen LogP contribution < -0.4 is 4.74 Å². The summed E-state index contributed by atoms with van der Waals surface area (Å²) in [5, 5.41) is 10.6. The summed E-state index contributed by atoms with van der Waals surface area (Å²) in [6, 6.07) is 2.69. The van der Waals surface area contributed by atoms with Crippen molar-refractivity contribution in [2.45, 2.75) is 77.2 Å². The van der Waals surface area contributed by atoms with E-state index in [-0.39, 0.29) is 29.6 Å². The van der Waals surface area contributed by atoms with Crippen LogP contribution >= 0.6 is 0 Å². The van der Waals surface area contributed by atoms with Crippen molar-refractivity contribution in [1.82, 2.24) is 0 Å². The molecule has 0 radical (unpaired) electrons. The van der Waals surface area contributed by atoms with Crippen LogP contribution in [0.1, 0.15) is 76.8 Å². The quantitative estimate of drug-likeness (QED) is 0.647. The Labute approximate surface area is 148 Å². The van der Waals surface area contributed by atoms with E-state index in [1.165, 1.54) is 17.7 Å². The lowest BCUT2D eigenvalue weighted by Gasteiger charge is -2.46. The predicted molar refractivity (Wildman–Crippen MR) is 95.5 cm³/mol. The predicted octanol–water partition coefficient (Wildman–Crippen LogP) is 6.29. The third-order valence-electron chi connectivity index (χ3n) is 5.73. The SMILES string of the molecule is CCCCC(F)(F)c1cc(O)c2c(c1)OC(C)(C)[C@@H]1CCC(C)=C[C@@H]21. The molecule has 2 aliphatic rings. The van der Waals surface area contributed by atoms with Gasteiger partial charge in [0, 0.05) is 29.4 Å². The Hall–Kier alpha value is -1.58. The van der Waals surface area contributed by atoms with Crippen molar-refractivity contribution in [3.05, 3.63) is 34.9 Å². The van der Waals surface area contributed by atoms with E-state index in [4.69, 9.17) is 4.74 Å². The minimum absolute atomic E-state index is 0.0193. The van der Waals surface area contributed by atoms with E-state index in [2.05, 4.69) is 13.0 Å². The van der Waals surface area contributed by atoms with Gasteiger partial charge in [-0.2, -0.15) is 0 Å². The smallest absolute Gasteiger partial charge is 0.273 e. The van der Waals surface area contributed by atoms with Gasteiger partial charge >= 0.3 is 0 Å². The molecule has 0 saturated carbocycles. The first-order valence-electron chi connectivity index (χ1n) is 9.27. The van der Waals surface area contributed by atoms with Gasteiger partial charge in [-0.05, 0) is 52.2 Å². The molecule has 1 aromatic carbocycles. The van der Waals surface area contributed by atoms with E-state index >= 15 is 0 Å². The fourth-order valence-corrected chi connectivity index (χ4v) is 4.28. The van der Waals surface area contributed by atoms with Crippen LogP contribution in [-0.2, 0) is 5.92 Å². The number of rotatable bonds is 4. The molecule has 3 rings (SSSR count). The van der Waals surface area contributed by atoms with Gasteiger partial charge in [-0.25, -0.2) is 8.78 Å². The lowest BCUT2D eigenvalue weighted by Crippen LogP contribution is -2.45. The van der Waals surface area contributed by atoms with Crippen molar-refractivity contribution < 1.29 is 18.6 Å². The average Bonchev–Trinajstić information content (AvgIpc) is 2.51. The van der Waals surface area contributed by atoms with Crippen LogP contribution in [0.15, 0.2) is 23.8 Å². The molecule has 25 heavy (non-hydrogen) atoms. The zero-order valence-electron chi connectivity index (χ0n) is 15.5. The molecule has 1 N–H and O–H groups in total. The van der Waals surface area contributed by atoms with E-state index in [0.29, 0.717) is 24.2 Å². The van der Waals surface area contributed by atoms with Gasteiger partial charge in [0.05, 0.1) is 0 Å². The zero-order valence-corrected chi connectivity index (χ0v) is 15.5. The fraction of sp³-hybridized carbons (Fsp3) is 0.619. The monoisotopic (exact) mass is 350 g/mol. The highest BCUT2D eigenvalue weighted by molar-refractivity contribution is 5.54. The molecule has 0 aromatic heterocycles. The Morgan fingerprint density at radius 1 is 1.32 bits per heavy atom. The van der Waals surface area contributed by atoms with Crippen LogP contribution in [0.25, 0.3) is 0 Å². The number of unbranched alkanes of at least 4 members (excludes halogenated alkanes) is 1. The molecule has 1 aromatic rings. The molecule has 0 saturated heterocycles. The second-order valence-electron chi connectivity index (χ2n) is 8.10. The van der Waals surface area contributed by atoms with Crippen LogP contribution in [-0.4, -0.2) is 10.7 Å². The van der Waals surface area contributed by atoms with Gasteiger partial charge in [-0.15, -0.1) is 0 Å². The van der Waals surface area contributed by atoms with E-state index in [0.717, 1.165) is 12.8 Å². The number of phenolic OH excluding ortho intramolecular Hbond substituents is 1. The summed E-state index contributed by atoms with van der Waals surface area (Å²) in [6.07, 6.45) is 5.11. The molecule has 0 spiro atoms. The number of alkyl halides is 2. The summed E-state index contributed by atoms with van der Waals surface area (Å²) in [7, 11) is 0. The zero-order chi connectivity index (χ0) is 18.4. The Morgan fingerprint density at radius 3 is 2.72 bits per heavy atom. The van der Waals surface area contributed by atoms with Crippen molar-refractivity contribution in [2.24, 2.45) is 5.92 Å². The van der Waals surface area contributed by atoms with Gasteiger partial charge in [-0.1, -0.05) is 25.0 Å². The number of phenols is 1. The molecule has 4 heteroatoms. The van der Waals surface area contributed by atoms with Gasteiger partial charge in [0.25, 0.3) is 5.92 Å². The maximum Gasteiger partial charge on any atom is 0.273 e. The largest absolute Gasteiger partial charge is 0.507 e. The molecule has 0 fully saturated rings. The molecule has 2 nitrogen and oxygen atoms in total. The van der Waals surface area contributed by atoms with Gasteiger partial charge in [0.2, 0.25) is 0 Å². The Bertz CT molecular complexity index is 691. The summed E-state index contributed by atoms with van der Waals surface area (Å²) in [5.41, 5.74) is 1.35. The van der Waals surface area contributed by atoms with Crippen molar-refractivity contribution in [2.75, 3.05) is 0 Å². The number of hydrogen-bond acceptors (Lipinski definition) is 2. The molecule has 1 heterocycles. The van der Waals surface area contributed by atoms with Crippen LogP contribution in [0.2, 0.25) is 0 Å².